The maximum atomic E-state index is 13.1. The van der Waals surface area contributed by atoms with E-state index < -0.39 is 22.0 Å². The molecule has 0 aliphatic rings. The molecule has 0 radical (unpaired) electrons. The van der Waals surface area contributed by atoms with Gasteiger partial charge in [0.1, 0.15) is 11.9 Å². The van der Waals surface area contributed by atoms with Gasteiger partial charge in [0.05, 0.1) is 18.0 Å². The van der Waals surface area contributed by atoms with Crippen LogP contribution in [0.25, 0.3) is 0 Å². The second kappa shape index (κ2) is 8.73. The van der Waals surface area contributed by atoms with Gasteiger partial charge in [0.2, 0.25) is 15.9 Å². The molecular formula is C21H27FN2O3S. The molecule has 7 heteroatoms. The van der Waals surface area contributed by atoms with Crippen LogP contribution in [0.15, 0.2) is 42.5 Å². The molecule has 0 spiro atoms. The van der Waals surface area contributed by atoms with Crippen LogP contribution in [0.1, 0.15) is 43.0 Å². The van der Waals surface area contributed by atoms with E-state index in [9.17, 15) is 17.6 Å². The number of aryl methyl sites for hydroxylation is 2. The van der Waals surface area contributed by atoms with Crippen LogP contribution in [0.5, 0.6) is 0 Å². The molecule has 0 bridgehead atoms. The number of hydrogen-bond acceptors (Lipinski definition) is 3. The molecule has 0 aliphatic heterocycles. The number of rotatable bonds is 7. The zero-order chi connectivity index (χ0) is 21.1. The van der Waals surface area contributed by atoms with Crippen molar-refractivity contribution in [1.82, 2.24) is 5.32 Å². The van der Waals surface area contributed by atoms with Gasteiger partial charge in [0, 0.05) is 0 Å². The van der Waals surface area contributed by atoms with E-state index in [1.807, 2.05) is 19.9 Å². The number of anilines is 1. The average molecular weight is 407 g/mol. The molecule has 0 heterocycles. The van der Waals surface area contributed by atoms with Crippen LogP contribution >= 0.6 is 0 Å². The minimum Gasteiger partial charge on any atom is -0.348 e. The van der Waals surface area contributed by atoms with Gasteiger partial charge < -0.3 is 5.32 Å². The van der Waals surface area contributed by atoms with Crippen molar-refractivity contribution in [3.8, 4) is 0 Å². The third-order valence-corrected chi connectivity index (χ3v) is 5.98. The van der Waals surface area contributed by atoms with Gasteiger partial charge in [0.15, 0.2) is 0 Å². The molecule has 0 saturated heterocycles. The first-order valence-corrected chi connectivity index (χ1v) is 11.0. The van der Waals surface area contributed by atoms with Gasteiger partial charge in [-0.05, 0) is 68.1 Å². The fourth-order valence-corrected chi connectivity index (χ4v) is 4.27. The van der Waals surface area contributed by atoms with Crippen molar-refractivity contribution in [2.45, 2.75) is 46.2 Å². The van der Waals surface area contributed by atoms with Crippen molar-refractivity contribution in [1.29, 1.82) is 0 Å². The molecule has 5 nitrogen and oxygen atoms in total. The first kappa shape index (κ1) is 21.9. The molecule has 0 fully saturated rings. The Labute approximate surface area is 166 Å². The Morgan fingerprint density at radius 1 is 1.11 bits per heavy atom. The van der Waals surface area contributed by atoms with Gasteiger partial charge in [-0.3, -0.25) is 9.10 Å². The first-order valence-electron chi connectivity index (χ1n) is 9.17. The van der Waals surface area contributed by atoms with Crippen LogP contribution in [0.4, 0.5) is 10.1 Å². The lowest BCUT2D eigenvalue weighted by Crippen LogP contribution is -2.49. The molecular weight excluding hydrogens is 379 g/mol. The van der Waals surface area contributed by atoms with E-state index >= 15 is 0 Å². The zero-order valence-corrected chi connectivity index (χ0v) is 17.7. The zero-order valence-electron chi connectivity index (χ0n) is 16.9. The van der Waals surface area contributed by atoms with Crippen LogP contribution < -0.4 is 9.62 Å². The van der Waals surface area contributed by atoms with Crippen molar-refractivity contribution >= 4 is 21.6 Å². The highest BCUT2D eigenvalue weighted by Crippen LogP contribution is 2.25. The predicted molar refractivity (Wildman–Crippen MR) is 110 cm³/mol. The second-order valence-corrected chi connectivity index (χ2v) is 8.89. The maximum absolute atomic E-state index is 13.1. The van der Waals surface area contributed by atoms with E-state index in [2.05, 4.69) is 5.32 Å². The Bertz CT molecular complexity index is 943. The van der Waals surface area contributed by atoms with Crippen molar-refractivity contribution in [3.63, 3.8) is 0 Å². The van der Waals surface area contributed by atoms with Crippen LogP contribution in [0.3, 0.4) is 0 Å². The molecule has 0 aromatic heterocycles. The predicted octanol–water partition coefficient (Wildman–Crippen LogP) is 3.86. The van der Waals surface area contributed by atoms with Crippen LogP contribution in [-0.2, 0) is 14.8 Å². The highest BCUT2D eigenvalue weighted by molar-refractivity contribution is 7.92. The van der Waals surface area contributed by atoms with Crippen molar-refractivity contribution in [3.05, 3.63) is 65.0 Å². The molecule has 1 N–H and O–H groups in total. The molecule has 0 saturated carbocycles. The smallest absolute Gasteiger partial charge is 0.244 e. The fourth-order valence-electron chi connectivity index (χ4n) is 3.07. The van der Waals surface area contributed by atoms with Gasteiger partial charge in [0.25, 0.3) is 0 Å². The highest BCUT2D eigenvalue weighted by atomic mass is 32.2. The van der Waals surface area contributed by atoms with Gasteiger partial charge in [-0.1, -0.05) is 25.1 Å². The van der Waals surface area contributed by atoms with E-state index in [1.165, 1.54) is 16.4 Å². The lowest BCUT2D eigenvalue weighted by atomic mass is 10.1. The number of benzene rings is 2. The fraction of sp³-hybridized carbons (Fsp3) is 0.381. The number of nitrogens with zero attached hydrogens (tertiary/aromatic N) is 1. The number of amides is 1. The third kappa shape index (κ3) is 5.10. The number of hydrogen-bond donors (Lipinski definition) is 1. The van der Waals surface area contributed by atoms with E-state index in [-0.39, 0.29) is 11.9 Å². The first-order chi connectivity index (χ1) is 13.0. The highest BCUT2D eigenvalue weighted by Gasteiger charge is 2.32. The third-order valence-electron chi connectivity index (χ3n) is 4.80. The Kier molecular flexibility index (Phi) is 6.82. The van der Waals surface area contributed by atoms with E-state index in [4.69, 9.17) is 0 Å². The summed E-state index contributed by atoms with van der Waals surface area (Å²) in [5.74, 6) is -0.755. The van der Waals surface area contributed by atoms with Gasteiger partial charge in [-0.25, -0.2) is 12.8 Å². The largest absolute Gasteiger partial charge is 0.348 e. The normalized spacial score (nSPS) is 13.6. The van der Waals surface area contributed by atoms with E-state index in [0.29, 0.717) is 12.1 Å². The summed E-state index contributed by atoms with van der Waals surface area (Å²) in [6.45, 7) is 7.39. The molecule has 2 rings (SSSR count). The number of carbonyl (C=O) groups excluding carboxylic acids is 1. The number of sulfonamides is 1. The monoisotopic (exact) mass is 406 g/mol. The molecule has 2 aromatic carbocycles. The summed E-state index contributed by atoms with van der Waals surface area (Å²) in [6, 6.07) is 9.90. The lowest BCUT2D eigenvalue weighted by Gasteiger charge is -2.31. The summed E-state index contributed by atoms with van der Waals surface area (Å²) in [4.78, 5) is 12.9. The number of carbonyl (C=O) groups is 1. The summed E-state index contributed by atoms with van der Waals surface area (Å²) < 4.78 is 39.4. The Balaban J connectivity index is 2.33. The number of nitrogens with one attached hydrogen (secondary N) is 1. The van der Waals surface area contributed by atoms with Crippen molar-refractivity contribution in [2.75, 3.05) is 10.6 Å². The summed E-state index contributed by atoms with van der Waals surface area (Å²) in [5, 5.41) is 2.85. The summed E-state index contributed by atoms with van der Waals surface area (Å²) in [6.07, 6.45) is 1.41. The minimum atomic E-state index is -3.69. The molecule has 2 unspecified atom stereocenters. The SMILES string of the molecule is CCC(C(=O)NC(C)c1ccc(F)cc1)N(c1ccc(C)c(C)c1)S(C)(=O)=O. The van der Waals surface area contributed by atoms with Crippen molar-refractivity contribution in [2.24, 2.45) is 0 Å². The van der Waals surface area contributed by atoms with Crippen molar-refractivity contribution < 1.29 is 17.6 Å². The van der Waals surface area contributed by atoms with Gasteiger partial charge >= 0.3 is 0 Å². The summed E-state index contributed by atoms with van der Waals surface area (Å²) in [5.41, 5.74) is 3.18. The quantitative estimate of drug-likeness (QED) is 0.759. The van der Waals surface area contributed by atoms with E-state index in [0.717, 1.165) is 22.9 Å². The summed E-state index contributed by atoms with van der Waals surface area (Å²) in [7, 11) is -3.69. The molecule has 2 aromatic rings. The van der Waals surface area contributed by atoms with Crippen LogP contribution in [-0.4, -0.2) is 26.6 Å². The molecule has 2 atom stereocenters. The Morgan fingerprint density at radius 2 is 1.71 bits per heavy atom. The van der Waals surface area contributed by atoms with Gasteiger partial charge in [-0.2, -0.15) is 0 Å². The van der Waals surface area contributed by atoms with Gasteiger partial charge in [-0.15, -0.1) is 0 Å². The topological polar surface area (TPSA) is 66.5 Å². The molecule has 152 valence electrons. The van der Waals surface area contributed by atoms with E-state index in [1.54, 1.807) is 38.1 Å². The molecule has 1 amide bonds. The number of halogens is 1. The standard InChI is InChI=1S/C21H27FN2O3S/c1-6-20(21(25)23-16(4)17-8-10-18(22)11-9-17)24(28(5,26)27)19-12-7-14(2)15(3)13-19/h7-13,16,20H,6H2,1-5H3,(H,23,25). The van der Waals surface area contributed by atoms with Crippen LogP contribution in [0.2, 0.25) is 0 Å². The second-order valence-electron chi connectivity index (χ2n) is 7.03. The maximum Gasteiger partial charge on any atom is 0.244 e. The summed E-state index contributed by atoms with van der Waals surface area (Å²) >= 11 is 0. The average Bonchev–Trinajstić information content (AvgIpc) is 2.61. The molecule has 28 heavy (non-hydrogen) atoms. The lowest BCUT2D eigenvalue weighted by molar-refractivity contribution is -0.122. The Hall–Kier alpha value is -2.41. The minimum absolute atomic E-state index is 0.308. The van der Waals surface area contributed by atoms with Crippen LogP contribution in [0, 0.1) is 19.7 Å². The Morgan fingerprint density at radius 3 is 2.21 bits per heavy atom. The molecule has 0 aliphatic carbocycles.